The van der Waals surface area contributed by atoms with Crippen LogP contribution in [0.15, 0.2) is 61.3 Å². The molecule has 0 bridgehead atoms. The lowest BCUT2D eigenvalue weighted by Gasteiger charge is -2.25. The first-order valence-corrected chi connectivity index (χ1v) is 9.41. The number of benzene rings is 1. The first-order valence-electron chi connectivity index (χ1n) is 9.41. The van der Waals surface area contributed by atoms with Crippen molar-refractivity contribution in [2.24, 2.45) is 0 Å². The second kappa shape index (κ2) is 8.03. The van der Waals surface area contributed by atoms with Crippen LogP contribution < -0.4 is 10.2 Å². The Balaban J connectivity index is 1.51. The van der Waals surface area contributed by atoms with Gasteiger partial charge in [0.1, 0.15) is 12.1 Å². The van der Waals surface area contributed by atoms with Crippen molar-refractivity contribution in [2.45, 2.75) is 25.7 Å². The van der Waals surface area contributed by atoms with Crippen molar-refractivity contribution in [3.8, 4) is 5.82 Å². The van der Waals surface area contributed by atoms with E-state index in [4.69, 9.17) is 0 Å². The number of hydrogen-bond donors (Lipinski definition) is 1. The number of para-hydroxylation sites is 2. The molecular weight excluding hydrogens is 338 g/mol. The number of amides is 1. The van der Waals surface area contributed by atoms with Crippen LogP contribution in [-0.4, -0.2) is 33.5 Å². The maximum Gasteiger partial charge on any atom is 0.257 e. The van der Waals surface area contributed by atoms with Crippen molar-refractivity contribution in [3.05, 3.63) is 66.9 Å². The largest absolute Gasteiger partial charge is 0.370 e. The zero-order valence-electron chi connectivity index (χ0n) is 15.2. The van der Waals surface area contributed by atoms with Crippen LogP contribution in [0.5, 0.6) is 0 Å². The summed E-state index contributed by atoms with van der Waals surface area (Å²) in [5.41, 5.74) is 2.48. The Labute approximate surface area is 158 Å². The summed E-state index contributed by atoms with van der Waals surface area (Å²) in [7, 11) is 0. The van der Waals surface area contributed by atoms with Crippen molar-refractivity contribution in [1.82, 2.24) is 14.5 Å². The molecule has 0 unspecified atom stereocenters. The maximum atomic E-state index is 12.7. The molecule has 6 nitrogen and oxygen atoms in total. The molecule has 3 aromatic rings. The Hall–Kier alpha value is -3.15. The van der Waals surface area contributed by atoms with Crippen LogP contribution in [0, 0.1) is 0 Å². The molecule has 6 heteroatoms. The topological polar surface area (TPSA) is 63.1 Å². The van der Waals surface area contributed by atoms with Crippen molar-refractivity contribution >= 4 is 17.3 Å². The molecule has 0 atom stereocenters. The summed E-state index contributed by atoms with van der Waals surface area (Å²) in [5.74, 6) is 0.580. The fraction of sp³-hybridized carbons (Fsp3) is 0.286. The number of anilines is 2. The molecule has 138 valence electrons. The van der Waals surface area contributed by atoms with Crippen LogP contribution in [0.2, 0.25) is 0 Å². The summed E-state index contributed by atoms with van der Waals surface area (Å²) in [6.45, 7) is 2.07. The average Bonchev–Trinajstić information content (AvgIpc) is 3.11. The fourth-order valence-corrected chi connectivity index (χ4v) is 3.43. The summed E-state index contributed by atoms with van der Waals surface area (Å²) < 4.78 is 1.80. The van der Waals surface area contributed by atoms with Gasteiger partial charge in [0.2, 0.25) is 0 Å². The Morgan fingerprint density at radius 2 is 1.81 bits per heavy atom. The number of hydrogen-bond acceptors (Lipinski definition) is 4. The van der Waals surface area contributed by atoms with E-state index in [1.165, 1.54) is 25.7 Å². The molecule has 1 amide bonds. The normalized spacial score (nSPS) is 14.6. The Kier molecular flexibility index (Phi) is 5.14. The van der Waals surface area contributed by atoms with Crippen LogP contribution in [0.1, 0.15) is 36.0 Å². The second-order valence-corrected chi connectivity index (χ2v) is 6.75. The summed E-state index contributed by atoms with van der Waals surface area (Å²) in [6, 6.07) is 11.6. The molecule has 4 rings (SSSR count). The third kappa shape index (κ3) is 4.00. The van der Waals surface area contributed by atoms with E-state index in [9.17, 15) is 4.79 Å². The Morgan fingerprint density at radius 3 is 2.52 bits per heavy atom. The zero-order valence-corrected chi connectivity index (χ0v) is 15.2. The summed E-state index contributed by atoms with van der Waals surface area (Å²) in [4.78, 5) is 23.5. The van der Waals surface area contributed by atoms with E-state index in [1.807, 2.05) is 30.5 Å². The van der Waals surface area contributed by atoms with Gasteiger partial charge in [-0.15, -0.1) is 0 Å². The van der Waals surface area contributed by atoms with Gasteiger partial charge >= 0.3 is 0 Å². The summed E-state index contributed by atoms with van der Waals surface area (Å²) in [5, 5.41) is 3.06. The third-order valence-corrected chi connectivity index (χ3v) is 4.88. The van der Waals surface area contributed by atoms with Crippen LogP contribution in [0.4, 0.5) is 11.4 Å². The van der Waals surface area contributed by atoms with Gasteiger partial charge in [-0.2, -0.15) is 0 Å². The van der Waals surface area contributed by atoms with Crippen LogP contribution >= 0.6 is 0 Å². The van der Waals surface area contributed by atoms with Crippen LogP contribution in [0.3, 0.4) is 0 Å². The Bertz CT molecular complexity index is 881. The van der Waals surface area contributed by atoms with Gasteiger partial charge in [-0.3, -0.25) is 9.36 Å². The van der Waals surface area contributed by atoms with E-state index in [0.717, 1.165) is 30.3 Å². The number of carbonyl (C=O) groups excluding carboxylic acids is 1. The van der Waals surface area contributed by atoms with Gasteiger partial charge in [-0.05, 0) is 37.1 Å². The van der Waals surface area contributed by atoms with E-state index in [1.54, 1.807) is 29.4 Å². The molecule has 1 aliphatic rings. The summed E-state index contributed by atoms with van der Waals surface area (Å²) in [6.07, 6.45) is 11.7. The standard InChI is InChI=1S/C21H23N5O/c27-21(17-9-10-20(23-15-17)26-14-11-22-16-26)24-18-7-3-4-8-19(18)25-12-5-1-2-6-13-25/h3-4,7-11,14-16H,1-2,5-6,12-13H2,(H,24,27). The minimum Gasteiger partial charge on any atom is -0.370 e. The first-order chi connectivity index (χ1) is 13.3. The van der Waals surface area contributed by atoms with Crippen molar-refractivity contribution in [3.63, 3.8) is 0 Å². The molecule has 0 spiro atoms. The molecule has 1 aromatic carbocycles. The summed E-state index contributed by atoms with van der Waals surface area (Å²) >= 11 is 0. The molecule has 1 saturated heterocycles. The van der Waals surface area contributed by atoms with Gasteiger partial charge in [0.25, 0.3) is 5.91 Å². The van der Waals surface area contributed by atoms with E-state index in [0.29, 0.717) is 5.56 Å². The van der Waals surface area contributed by atoms with E-state index in [-0.39, 0.29) is 5.91 Å². The third-order valence-electron chi connectivity index (χ3n) is 4.88. The average molecular weight is 361 g/mol. The lowest BCUT2D eigenvalue weighted by atomic mass is 10.2. The number of aromatic nitrogens is 3. The predicted molar refractivity (Wildman–Crippen MR) is 106 cm³/mol. The predicted octanol–water partition coefficient (Wildman–Crippen LogP) is 3.90. The van der Waals surface area contributed by atoms with Crippen LogP contribution in [0.25, 0.3) is 5.82 Å². The molecule has 0 saturated carbocycles. The van der Waals surface area contributed by atoms with E-state index < -0.39 is 0 Å². The highest BCUT2D eigenvalue weighted by molar-refractivity contribution is 6.05. The molecular formula is C21H23N5O. The van der Waals surface area contributed by atoms with E-state index in [2.05, 4.69) is 26.3 Å². The minimum absolute atomic E-state index is 0.151. The van der Waals surface area contributed by atoms with Gasteiger partial charge in [0.15, 0.2) is 0 Å². The highest BCUT2D eigenvalue weighted by Gasteiger charge is 2.15. The smallest absolute Gasteiger partial charge is 0.257 e. The second-order valence-electron chi connectivity index (χ2n) is 6.75. The monoisotopic (exact) mass is 361 g/mol. The molecule has 27 heavy (non-hydrogen) atoms. The Morgan fingerprint density at radius 1 is 1.00 bits per heavy atom. The molecule has 1 aliphatic heterocycles. The van der Waals surface area contributed by atoms with Crippen LogP contribution in [-0.2, 0) is 0 Å². The number of nitrogens with one attached hydrogen (secondary N) is 1. The van der Waals surface area contributed by atoms with Crippen molar-refractivity contribution < 1.29 is 4.79 Å². The molecule has 0 radical (unpaired) electrons. The number of rotatable bonds is 4. The molecule has 3 heterocycles. The number of carbonyl (C=O) groups is 1. The molecule has 1 fully saturated rings. The van der Waals surface area contributed by atoms with E-state index >= 15 is 0 Å². The van der Waals surface area contributed by atoms with Gasteiger partial charge in [-0.25, -0.2) is 9.97 Å². The molecule has 0 aliphatic carbocycles. The highest BCUT2D eigenvalue weighted by atomic mass is 16.1. The quantitative estimate of drug-likeness (QED) is 0.765. The fourth-order valence-electron chi connectivity index (χ4n) is 3.43. The lowest BCUT2D eigenvalue weighted by molar-refractivity contribution is 0.102. The van der Waals surface area contributed by atoms with Gasteiger partial charge in [0, 0.05) is 31.7 Å². The molecule has 1 N–H and O–H groups in total. The molecule has 2 aromatic heterocycles. The number of nitrogens with zero attached hydrogens (tertiary/aromatic N) is 4. The maximum absolute atomic E-state index is 12.7. The van der Waals surface area contributed by atoms with Gasteiger partial charge < -0.3 is 10.2 Å². The SMILES string of the molecule is O=C(Nc1ccccc1N1CCCCCC1)c1ccc(-n2ccnc2)nc1. The zero-order chi connectivity index (χ0) is 18.5. The number of imidazole rings is 1. The van der Waals surface area contributed by atoms with Crippen molar-refractivity contribution in [2.75, 3.05) is 23.3 Å². The van der Waals surface area contributed by atoms with Crippen molar-refractivity contribution in [1.29, 1.82) is 0 Å². The van der Waals surface area contributed by atoms with Gasteiger partial charge in [-0.1, -0.05) is 25.0 Å². The number of pyridine rings is 1. The van der Waals surface area contributed by atoms with Gasteiger partial charge in [0.05, 0.1) is 16.9 Å². The highest BCUT2D eigenvalue weighted by Crippen LogP contribution is 2.28. The lowest BCUT2D eigenvalue weighted by Crippen LogP contribution is -2.25. The minimum atomic E-state index is -0.151. The first kappa shape index (κ1) is 17.3.